The molecule has 32 heavy (non-hydrogen) atoms. The summed E-state index contributed by atoms with van der Waals surface area (Å²) in [5.74, 6) is 0.218. The van der Waals surface area contributed by atoms with Crippen molar-refractivity contribution < 1.29 is 21.6 Å². The highest BCUT2D eigenvalue weighted by atomic mass is 32.2. The smallest absolute Gasteiger partial charge is 0.378 e. The maximum Gasteiger partial charge on any atom is 0.416 e. The van der Waals surface area contributed by atoms with Gasteiger partial charge in [0, 0.05) is 17.6 Å². The SMILES string of the molecule is C=CS(=O)(=O)NC[C@H]1CC[C@@H]2[C@H](CC1)c1cc(C(F)(F)F)ccc1N[C@H]2c1ccccc1. The van der Waals surface area contributed by atoms with E-state index in [0.29, 0.717) is 18.5 Å². The van der Waals surface area contributed by atoms with Crippen LogP contribution >= 0.6 is 0 Å². The van der Waals surface area contributed by atoms with E-state index >= 15 is 0 Å². The van der Waals surface area contributed by atoms with Gasteiger partial charge in [-0.05, 0) is 72.8 Å². The van der Waals surface area contributed by atoms with Crippen molar-refractivity contribution in [3.05, 3.63) is 77.2 Å². The molecule has 0 amide bonds. The van der Waals surface area contributed by atoms with Crippen LogP contribution in [0.3, 0.4) is 0 Å². The first-order valence-corrected chi connectivity index (χ1v) is 12.4. The largest absolute Gasteiger partial charge is 0.416 e. The van der Waals surface area contributed by atoms with Crippen molar-refractivity contribution in [1.82, 2.24) is 4.72 Å². The Bertz CT molecular complexity index is 1070. The number of benzene rings is 2. The quantitative estimate of drug-likeness (QED) is 0.586. The molecular weight excluding hydrogens is 437 g/mol. The minimum absolute atomic E-state index is 0.00551. The number of fused-ring (bicyclic) bond motifs is 3. The highest BCUT2D eigenvalue weighted by molar-refractivity contribution is 7.92. The third-order valence-electron chi connectivity index (χ3n) is 6.78. The van der Waals surface area contributed by atoms with Crippen molar-refractivity contribution in [1.29, 1.82) is 0 Å². The van der Waals surface area contributed by atoms with Crippen molar-refractivity contribution >= 4 is 15.7 Å². The van der Waals surface area contributed by atoms with Crippen LogP contribution in [0, 0.1) is 11.8 Å². The Morgan fingerprint density at radius 2 is 1.78 bits per heavy atom. The molecular formula is C24H27F3N2O2S. The fourth-order valence-corrected chi connectivity index (χ4v) is 5.71. The topological polar surface area (TPSA) is 58.2 Å². The van der Waals surface area contributed by atoms with E-state index in [4.69, 9.17) is 0 Å². The maximum atomic E-state index is 13.4. The lowest BCUT2D eigenvalue weighted by molar-refractivity contribution is -0.137. The number of hydrogen-bond donors (Lipinski definition) is 2. The fraction of sp³-hybridized carbons (Fsp3) is 0.417. The van der Waals surface area contributed by atoms with Crippen LogP contribution in [0.5, 0.6) is 0 Å². The van der Waals surface area contributed by atoms with E-state index in [1.165, 1.54) is 6.07 Å². The van der Waals surface area contributed by atoms with Crippen LogP contribution in [0.1, 0.15) is 54.3 Å². The van der Waals surface area contributed by atoms with Crippen molar-refractivity contribution in [2.45, 2.75) is 43.8 Å². The van der Waals surface area contributed by atoms with E-state index in [1.807, 2.05) is 30.3 Å². The molecule has 0 saturated heterocycles. The second-order valence-corrected chi connectivity index (χ2v) is 10.4. The molecule has 1 heterocycles. The van der Waals surface area contributed by atoms with Crippen molar-refractivity contribution in [2.24, 2.45) is 11.8 Å². The van der Waals surface area contributed by atoms with Crippen molar-refractivity contribution in [3.63, 3.8) is 0 Å². The predicted octanol–water partition coefficient (Wildman–Crippen LogP) is 5.83. The van der Waals surface area contributed by atoms with Gasteiger partial charge in [0.25, 0.3) is 0 Å². The molecule has 4 rings (SSSR count). The van der Waals surface area contributed by atoms with Gasteiger partial charge in [0.2, 0.25) is 10.0 Å². The highest BCUT2D eigenvalue weighted by Crippen LogP contribution is 2.52. The van der Waals surface area contributed by atoms with E-state index in [9.17, 15) is 21.6 Å². The normalized spacial score (nSPS) is 25.7. The molecule has 4 nitrogen and oxygen atoms in total. The Balaban J connectivity index is 1.66. The Hall–Kier alpha value is -2.32. The molecule has 1 saturated carbocycles. The van der Waals surface area contributed by atoms with Crippen LogP contribution in [0.2, 0.25) is 0 Å². The molecule has 2 N–H and O–H groups in total. The highest BCUT2D eigenvalue weighted by Gasteiger charge is 2.41. The van der Waals surface area contributed by atoms with Gasteiger partial charge in [0.15, 0.2) is 0 Å². The predicted molar refractivity (Wildman–Crippen MR) is 120 cm³/mol. The van der Waals surface area contributed by atoms with E-state index in [1.54, 1.807) is 6.07 Å². The van der Waals surface area contributed by atoms with E-state index in [2.05, 4.69) is 16.6 Å². The number of hydrogen-bond acceptors (Lipinski definition) is 3. The number of halogens is 3. The summed E-state index contributed by atoms with van der Waals surface area (Å²) < 4.78 is 66.4. The zero-order valence-electron chi connectivity index (χ0n) is 17.6. The second-order valence-electron chi connectivity index (χ2n) is 8.68. The molecule has 1 fully saturated rings. The zero-order valence-corrected chi connectivity index (χ0v) is 18.4. The molecule has 0 aromatic heterocycles. The van der Waals surface area contributed by atoms with Gasteiger partial charge in [-0.1, -0.05) is 36.9 Å². The van der Waals surface area contributed by atoms with Crippen LogP contribution in [-0.2, 0) is 16.2 Å². The van der Waals surface area contributed by atoms with E-state index in [-0.39, 0.29) is 23.8 Å². The van der Waals surface area contributed by atoms with Crippen LogP contribution in [0.25, 0.3) is 0 Å². The summed E-state index contributed by atoms with van der Waals surface area (Å²) in [6, 6.07) is 14.0. The summed E-state index contributed by atoms with van der Waals surface area (Å²) in [4.78, 5) is 0. The molecule has 1 aliphatic heterocycles. The molecule has 0 unspecified atom stereocenters. The van der Waals surface area contributed by atoms with Crippen LogP contribution in [-0.4, -0.2) is 15.0 Å². The molecule has 1 aliphatic carbocycles. The average molecular weight is 465 g/mol. The van der Waals surface area contributed by atoms with Gasteiger partial charge in [-0.25, -0.2) is 13.1 Å². The number of rotatable bonds is 5. The lowest BCUT2D eigenvalue weighted by Crippen LogP contribution is -2.31. The molecule has 2 aromatic carbocycles. The first kappa shape index (κ1) is 22.9. The number of nitrogens with one attached hydrogen (secondary N) is 2. The first-order chi connectivity index (χ1) is 15.2. The lowest BCUT2D eigenvalue weighted by atomic mass is 9.72. The molecule has 2 aromatic rings. The second kappa shape index (κ2) is 8.90. The fourth-order valence-electron chi connectivity index (χ4n) is 5.13. The Morgan fingerprint density at radius 3 is 2.47 bits per heavy atom. The third-order valence-corrected chi connectivity index (χ3v) is 7.79. The maximum absolute atomic E-state index is 13.4. The summed E-state index contributed by atoms with van der Waals surface area (Å²) in [6.07, 6.45) is -1.33. The van der Waals surface area contributed by atoms with Crippen molar-refractivity contribution in [3.8, 4) is 0 Å². The number of anilines is 1. The standard InChI is InChI=1S/C24H27F3N2O2S/c1-2-32(30,31)28-15-16-8-11-19-20(12-9-16)23(17-6-4-3-5-7-17)29-22-13-10-18(14-21(19)22)24(25,26)27/h2-7,10,13-14,16,19-20,23,28-29H,1,8-9,11-12,15H2/t16-,19+,20-,23+/m1/s1. The van der Waals surface area contributed by atoms with Gasteiger partial charge in [0.05, 0.1) is 11.6 Å². The minimum atomic E-state index is -4.39. The number of alkyl halides is 3. The van der Waals surface area contributed by atoms with Gasteiger partial charge >= 0.3 is 6.18 Å². The Kier molecular flexibility index (Phi) is 6.36. The van der Waals surface area contributed by atoms with Gasteiger partial charge in [-0.15, -0.1) is 0 Å². The Labute approximate surface area is 187 Å². The summed E-state index contributed by atoms with van der Waals surface area (Å²) in [7, 11) is -3.50. The molecule has 8 heteroatoms. The summed E-state index contributed by atoms with van der Waals surface area (Å²) >= 11 is 0. The third kappa shape index (κ3) is 4.86. The molecule has 2 aliphatic rings. The van der Waals surface area contributed by atoms with Crippen LogP contribution in [0.15, 0.2) is 60.5 Å². The summed E-state index contributed by atoms with van der Waals surface area (Å²) in [5, 5.41) is 4.40. The summed E-state index contributed by atoms with van der Waals surface area (Å²) in [6.45, 7) is 3.63. The molecule has 172 valence electrons. The molecule has 0 bridgehead atoms. The number of sulfonamides is 1. The first-order valence-electron chi connectivity index (χ1n) is 10.8. The van der Waals surface area contributed by atoms with E-state index < -0.39 is 21.8 Å². The van der Waals surface area contributed by atoms with Crippen LogP contribution in [0.4, 0.5) is 18.9 Å². The van der Waals surface area contributed by atoms with Gasteiger partial charge in [0.1, 0.15) is 0 Å². The zero-order chi connectivity index (χ0) is 22.9. The lowest BCUT2D eigenvalue weighted by Gasteiger charge is -2.41. The average Bonchev–Trinajstić information content (AvgIpc) is 3.00. The van der Waals surface area contributed by atoms with Crippen molar-refractivity contribution in [2.75, 3.05) is 11.9 Å². The minimum Gasteiger partial charge on any atom is -0.378 e. The van der Waals surface area contributed by atoms with E-state index in [0.717, 1.165) is 42.0 Å². The molecule has 0 spiro atoms. The van der Waals surface area contributed by atoms with Gasteiger partial charge in [-0.2, -0.15) is 13.2 Å². The summed E-state index contributed by atoms with van der Waals surface area (Å²) in [5.41, 5.74) is 1.94. The van der Waals surface area contributed by atoms with Gasteiger partial charge in [-0.3, -0.25) is 0 Å². The van der Waals surface area contributed by atoms with Gasteiger partial charge < -0.3 is 5.32 Å². The molecule has 4 atom stereocenters. The monoisotopic (exact) mass is 464 g/mol. The Morgan fingerprint density at radius 1 is 1.06 bits per heavy atom. The van der Waals surface area contributed by atoms with Crippen LogP contribution < -0.4 is 10.0 Å². The molecule has 0 radical (unpaired) electrons.